The van der Waals surface area contributed by atoms with E-state index < -0.39 is 0 Å². The van der Waals surface area contributed by atoms with E-state index >= 15 is 0 Å². The zero-order chi connectivity index (χ0) is 18.3. The molecule has 0 spiro atoms. The molecule has 0 amide bonds. The molecule has 7 nitrogen and oxygen atoms in total. The lowest BCUT2D eigenvalue weighted by Gasteiger charge is -2.19. The first-order chi connectivity index (χ1) is 12.4. The Morgan fingerprint density at radius 2 is 2.04 bits per heavy atom. The SMILES string of the molecule is CC(C)(C)c1nnc2ccc(NC3CCN(c4ncccc4Cl)C3)nn12. The van der Waals surface area contributed by atoms with Crippen LogP contribution in [0.3, 0.4) is 0 Å². The third kappa shape index (κ3) is 3.19. The molecule has 1 saturated heterocycles. The van der Waals surface area contributed by atoms with Crippen molar-refractivity contribution in [1.29, 1.82) is 0 Å². The van der Waals surface area contributed by atoms with Gasteiger partial charge in [-0.3, -0.25) is 0 Å². The average molecular weight is 372 g/mol. The minimum Gasteiger partial charge on any atom is -0.364 e. The Bertz CT molecular complexity index is 931. The van der Waals surface area contributed by atoms with Crippen molar-refractivity contribution in [1.82, 2.24) is 24.8 Å². The summed E-state index contributed by atoms with van der Waals surface area (Å²) in [4.78, 5) is 6.61. The molecule has 1 aliphatic heterocycles. The standard InChI is InChI=1S/C18H22ClN7/c1-18(2,3)17-23-22-15-7-6-14(24-26(15)17)21-12-8-10-25(11-12)16-13(19)5-4-9-20-16/h4-7,9,12H,8,10-11H2,1-3H3,(H,21,24). The average Bonchev–Trinajstić information content (AvgIpc) is 3.21. The second kappa shape index (κ2) is 6.39. The predicted molar refractivity (Wildman–Crippen MR) is 103 cm³/mol. The predicted octanol–water partition coefficient (Wildman–Crippen LogP) is 3.16. The van der Waals surface area contributed by atoms with Crippen molar-refractivity contribution in [3.05, 3.63) is 41.3 Å². The summed E-state index contributed by atoms with van der Waals surface area (Å²) in [7, 11) is 0. The van der Waals surface area contributed by atoms with E-state index in [1.807, 2.05) is 28.8 Å². The number of halogens is 1. The van der Waals surface area contributed by atoms with Crippen LogP contribution in [0.4, 0.5) is 11.6 Å². The van der Waals surface area contributed by atoms with Gasteiger partial charge in [0.1, 0.15) is 11.6 Å². The molecule has 3 aromatic heterocycles. The van der Waals surface area contributed by atoms with Crippen molar-refractivity contribution in [3.8, 4) is 0 Å². The zero-order valence-corrected chi connectivity index (χ0v) is 15.9. The smallest absolute Gasteiger partial charge is 0.178 e. The third-order valence-electron chi connectivity index (χ3n) is 4.51. The number of nitrogens with one attached hydrogen (secondary N) is 1. The van der Waals surface area contributed by atoms with E-state index in [0.29, 0.717) is 5.02 Å². The second-order valence-electron chi connectivity index (χ2n) is 7.65. The van der Waals surface area contributed by atoms with Crippen LogP contribution < -0.4 is 10.2 Å². The van der Waals surface area contributed by atoms with Crippen LogP contribution in [0.2, 0.25) is 5.02 Å². The van der Waals surface area contributed by atoms with Crippen LogP contribution in [0.15, 0.2) is 30.5 Å². The topological polar surface area (TPSA) is 71.2 Å². The van der Waals surface area contributed by atoms with Gasteiger partial charge >= 0.3 is 0 Å². The summed E-state index contributed by atoms with van der Waals surface area (Å²) >= 11 is 6.27. The Morgan fingerprint density at radius 3 is 2.81 bits per heavy atom. The minimum atomic E-state index is -0.120. The lowest BCUT2D eigenvalue weighted by Crippen LogP contribution is -2.27. The molecule has 0 aliphatic carbocycles. The number of fused-ring (bicyclic) bond motifs is 1. The molecule has 1 atom stereocenters. The van der Waals surface area contributed by atoms with E-state index in [9.17, 15) is 0 Å². The van der Waals surface area contributed by atoms with Crippen LogP contribution in [0.1, 0.15) is 33.0 Å². The van der Waals surface area contributed by atoms with Gasteiger partial charge in [0, 0.05) is 30.7 Å². The molecule has 8 heteroatoms. The highest BCUT2D eigenvalue weighted by Gasteiger charge is 2.26. The fraction of sp³-hybridized carbons (Fsp3) is 0.444. The number of aromatic nitrogens is 5. The summed E-state index contributed by atoms with van der Waals surface area (Å²) in [5, 5.41) is 17.4. The van der Waals surface area contributed by atoms with Crippen LogP contribution in [0, 0.1) is 0 Å². The van der Waals surface area contributed by atoms with E-state index in [2.05, 4.69) is 46.2 Å². The van der Waals surface area contributed by atoms with Crippen LogP contribution in [0.25, 0.3) is 5.65 Å². The van der Waals surface area contributed by atoms with Crippen LogP contribution in [-0.2, 0) is 5.41 Å². The number of hydrogen-bond donors (Lipinski definition) is 1. The molecule has 0 bridgehead atoms. The number of hydrogen-bond acceptors (Lipinski definition) is 6. The molecule has 1 aliphatic rings. The number of anilines is 2. The Hall–Kier alpha value is -2.41. The van der Waals surface area contributed by atoms with E-state index in [1.54, 1.807) is 6.20 Å². The molecule has 26 heavy (non-hydrogen) atoms. The van der Waals surface area contributed by atoms with Crippen LogP contribution in [0.5, 0.6) is 0 Å². The molecule has 1 N–H and O–H groups in total. The summed E-state index contributed by atoms with van der Waals surface area (Å²) in [5.74, 6) is 2.52. The Morgan fingerprint density at radius 1 is 1.19 bits per heavy atom. The second-order valence-corrected chi connectivity index (χ2v) is 8.05. The van der Waals surface area contributed by atoms with Crippen LogP contribution >= 0.6 is 11.6 Å². The van der Waals surface area contributed by atoms with Crippen molar-refractivity contribution in [2.75, 3.05) is 23.3 Å². The number of rotatable bonds is 3. The Kier molecular flexibility index (Phi) is 4.19. The monoisotopic (exact) mass is 371 g/mol. The van der Waals surface area contributed by atoms with E-state index in [0.717, 1.165) is 42.6 Å². The summed E-state index contributed by atoms with van der Waals surface area (Å²) in [6, 6.07) is 7.91. The van der Waals surface area contributed by atoms with Gasteiger partial charge in [-0.2, -0.15) is 4.52 Å². The Labute approximate surface area is 157 Å². The molecule has 1 unspecified atom stereocenters. The van der Waals surface area contributed by atoms with Gasteiger partial charge in [-0.25, -0.2) is 4.98 Å². The van der Waals surface area contributed by atoms with E-state index in [4.69, 9.17) is 16.7 Å². The molecule has 1 fully saturated rings. The van der Waals surface area contributed by atoms with E-state index in [1.165, 1.54) is 0 Å². The molecule has 4 rings (SSSR count). The third-order valence-corrected chi connectivity index (χ3v) is 4.81. The summed E-state index contributed by atoms with van der Waals surface area (Å²) in [6.45, 7) is 8.07. The largest absolute Gasteiger partial charge is 0.364 e. The summed E-state index contributed by atoms with van der Waals surface area (Å²) in [6.07, 6.45) is 2.78. The van der Waals surface area contributed by atoms with Crippen molar-refractivity contribution < 1.29 is 0 Å². The first kappa shape index (κ1) is 17.0. The first-order valence-electron chi connectivity index (χ1n) is 8.77. The van der Waals surface area contributed by atoms with Gasteiger partial charge in [0.2, 0.25) is 0 Å². The highest BCUT2D eigenvalue weighted by atomic mass is 35.5. The molecule has 136 valence electrons. The normalized spacial score (nSPS) is 17.8. The lowest BCUT2D eigenvalue weighted by molar-refractivity contribution is 0.527. The van der Waals surface area contributed by atoms with Gasteiger partial charge in [-0.15, -0.1) is 15.3 Å². The molecule has 0 radical (unpaired) electrons. The molecular formula is C18H22ClN7. The summed E-state index contributed by atoms with van der Waals surface area (Å²) in [5.41, 5.74) is 0.638. The maximum absolute atomic E-state index is 6.27. The van der Waals surface area contributed by atoms with Crippen molar-refractivity contribution in [2.24, 2.45) is 0 Å². The molecular weight excluding hydrogens is 350 g/mol. The van der Waals surface area contributed by atoms with Gasteiger partial charge in [0.05, 0.1) is 5.02 Å². The molecule has 0 aromatic carbocycles. The number of pyridine rings is 1. The fourth-order valence-electron chi connectivity index (χ4n) is 3.22. The maximum atomic E-state index is 6.27. The van der Waals surface area contributed by atoms with Gasteiger partial charge in [0.15, 0.2) is 11.5 Å². The maximum Gasteiger partial charge on any atom is 0.178 e. The fourth-order valence-corrected chi connectivity index (χ4v) is 3.46. The van der Waals surface area contributed by atoms with Crippen molar-refractivity contribution in [3.63, 3.8) is 0 Å². The highest BCUT2D eigenvalue weighted by molar-refractivity contribution is 6.32. The summed E-state index contributed by atoms with van der Waals surface area (Å²) < 4.78 is 1.82. The van der Waals surface area contributed by atoms with Gasteiger partial charge in [-0.05, 0) is 30.7 Å². The van der Waals surface area contributed by atoms with Gasteiger partial charge in [0.25, 0.3) is 0 Å². The Balaban J connectivity index is 1.52. The van der Waals surface area contributed by atoms with Gasteiger partial charge in [-0.1, -0.05) is 32.4 Å². The molecule has 3 aromatic rings. The number of nitrogens with zero attached hydrogens (tertiary/aromatic N) is 6. The highest BCUT2D eigenvalue weighted by Crippen LogP contribution is 2.27. The van der Waals surface area contributed by atoms with Gasteiger partial charge < -0.3 is 10.2 Å². The lowest BCUT2D eigenvalue weighted by atomic mass is 9.96. The van der Waals surface area contributed by atoms with Crippen LogP contribution in [-0.4, -0.2) is 43.9 Å². The first-order valence-corrected chi connectivity index (χ1v) is 9.14. The minimum absolute atomic E-state index is 0.120. The van der Waals surface area contributed by atoms with E-state index in [-0.39, 0.29) is 11.5 Å². The van der Waals surface area contributed by atoms with Crippen molar-refractivity contribution in [2.45, 2.75) is 38.6 Å². The quantitative estimate of drug-likeness (QED) is 0.762. The molecule has 4 heterocycles. The zero-order valence-electron chi connectivity index (χ0n) is 15.1. The molecule has 0 saturated carbocycles. The van der Waals surface area contributed by atoms with Crippen molar-refractivity contribution >= 4 is 28.9 Å².